The fourth-order valence-corrected chi connectivity index (χ4v) is 4.23. The van der Waals surface area contributed by atoms with Crippen molar-refractivity contribution in [2.75, 3.05) is 0 Å². The molecule has 0 aliphatic rings. The minimum absolute atomic E-state index is 0.0705. The van der Waals surface area contributed by atoms with Gasteiger partial charge in [-0.25, -0.2) is 17.5 Å². The van der Waals surface area contributed by atoms with Crippen molar-refractivity contribution in [2.45, 2.75) is 24.8 Å². The normalized spacial score (nSPS) is 13.6. The van der Waals surface area contributed by atoms with Gasteiger partial charge in [0.2, 0.25) is 10.0 Å². The van der Waals surface area contributed by atoms with Crippen molar-refractivity contribution >= 4 is 21.4 Å². The Morgan fingerprint density at radius 1 is 1.15 bits per heavy atom. The largest absolute Gasteiger partial charge is 0.241 e. The number of sulfonamides is 1. The van der Waals surface area contributed by atoms with Crippen molar-refractivity contribution < 1.29 is 12.8 Å². The third-order valence-corrected chi connectivity index (χ3v) is 5.33. The molecule has 0 spiro atoms. The Balaban J connectivity index is 2.28. The third-order valence-electron chi connectivity index (χ3n) is 2.92. The Morgan fingerprint density at radius 2 is 1.80 bits per heavy atom. The van der Waals surface area contributed by atoms with Crippen molar-refractivity contribution in [3.63, 3.8) is 0 Å². The molecule has 1 aromatic carbocycles. The van der Waals surface area contributed by atoms with Crippen LogP contribution in [0.25, 0.3) is 0 Å². The number of thiophene rings is 1. The monoisotopic (exact) mass is 313 g/mol. The molecule has 0 saturated heterocycles. The Bertz CT molecular complexity index is 649. The van der Waals surface area contributed by atoms with Crippen LogP contribution in [0.1, 0.15) is 24.8 Å². The van der Waals surface area contributed by atoms with Gasteiger partial charge in [-0.15, -0.1) is 11.3 Å². The zero-order chi connectivity index (χ0) is 14.8. The van der Waals surface area contributed by atoms with E-state index >= 15 is 0 Å². The Morgan fingerprint density at radius 3 is 2.30 bits per heavy atom. The van der Waals surface area contributed by atoms with Crippen molar-refractivity contribution in [1.82, 2.24) is 4.72 Å². The van der Waals surface area contributed by atoms with Gasteiger partial charge in [-0.05, 0) is 41.6 Å². The topological polar surface area (TPSA) is 46.2 Å². The molecule has 1 aromatic heterocycles. The van der Waals surface area contributed by atoms with Gasteiger partial charge in [0.15, 0.2) is 0 Å². The van der Waals surface area contributed by atoms with E-state index in [9.17, 15) is 12.8 Å². The molecular weight excluding hydrogens is 297 g/mol. The second-order valence-electron chi connectivity index (χ2n) is 4.81. The first-order valence-electron chi connectivity index (χ1n) is 6.21. The lowest BCUT2D eigenvalue weighted by molar-refractivity contribution is 0.469. The zero-order valence-corrected chi connectivity index (χ0v) is 12.8. The summed E-state index contributed by atoms with van der Waals surface area (Å²) in [5, 5.41) is 1.91. The molecule has 0 amide bonds. The summed E-state index contributed by atoms with van der Waals surface area (Å²) in [5.74, 6) is -0.341. The molecule has 0 fully saturated rings. The molecular formula is C14H16FNO2S2. The van der Waals surface area contributed by atoms with Crippen LogP contribution in [0.4, 0.5) is 4.39 Å². The minimum atomic E-state index is -3.66. The van der Waals surface area contributed by atoms with Gasteiger partial charge in [0.25, 0.3) is 0 Å². The summed E-state index contributed by atoms with van der Waals surface area (Å²) in [4.78, 5) is 1.03. The summed E-state index contributed by atoms with van der Waals surface area (Å²) in [7, 11) is -3.66. The lowest BCUT2D eigenvalue weighted by Crippen LogP contribution is -2.31. The molecule has 108 valence electrons. The third kappa shape index (κ3) is 3.45. The number of halogens is 1. The summed E-state index contributed by atoms with van der Waals surface area (Å²) >= 11 is 1.51. The smallest absolute Gasteiger partial charge is 0.207 e. The van der Waals surface area contributed by atoms with Crippen LogP contribution < -0.4 is 4.72 Å². The van der Waals surface area contributed by atoms with E-state index in [0.717, 1.165) is 17.0 Å². The molecule has 0 saturated carbocycles. The van der Waals surface area contributed by atoms with Gasteiger partial charge in [-0.3, -0.25) is 0 Å². The molecule has 0 aliphatic carbocycles. The molecule has 20 heavy (non-hydrogen) atoms. The fourth-order valence-electron chi connectivity index (χ4n) is 1.84. The lowest BCUT2D eigenvalue weighted by Gasteiger charge is -2.21. The molecule has 0 aliphatic heterocycles. The standard InChI is InChI=1S/C14H16FNO2S2/c1-10(2)14(13-4-3-9-19-13)16-20(17,18)12-7-5-11(15)6-8-12/h3-10,14,16H,1-2H3. The van der Waals surface area contributed by atoms with E-state index < -0.39 is 15.8 Å². The van der Waals surface area contributed by atoms with E-state index in [1.165, 1.54) is 23.5 Å². The van der Waals surface area contributed by atoms with Gasteiger partial charge in [0.05, 0.1) is 10.9 Å². The molecule has 6 heteroatoms. The van der Waals surface area contributed by atoms with E-state index in [-0.39, 0.29) is 16.9 Å². The molecule has 2 rings (SSSR count). The molecule has 1 atom stereocenters. The van der Waals surface area contributed by atoms with Crippen LogP contribution in [0.3, 0.4) is 0 Å². The molecule has 3 nitrogen and oxygen atoms in total. The van der Waals surface area contributed by atoms with Gasteiger partial charge in [-0.2, -0.15) is 0 Å². The zero-order valence-electron chi connectivity index (χ0n) is 11.2. The quantitative estimate of drug-likeness (QED) is 0.917. The summed E-state index contributed by atoms with van der Waals surface area (Å²) in [5.41, 5.74) is 0. The summed E-state index contributed by atoms with van der Waals surface area (Å²) in [6.07, 6.45) is 0. The van der Waals surface area contributed by atoms with Crippen molar-refractivity contribution in [1.29, 1.82) is 0 Å². The summed E-state index contributed by atoms with van der Waals surface area (Å²) in [6.45, 7) is 3.91. The highest BCUT2D eigenvalue weighted by Crippen LogP contribution is 2.27. The highest BCUT2D eigenvalue weighted by atomic mass is 32.2. The Labute approximate surface area is 122 Å². The van der Waals surface area contributed by atoms with E-state index in [4.69, 9.17) is 0 Å². The maximum atomic E-state index is 12.9. The second-order valence-corrected chi connectivity index (χ2v) is 7.51. The molecule has 2 aromatic rings. The van der Waals surface area contributed by atoms with Crippen molar-refractivity contribution in [3.8, 4) is 0 Å². The van der Waals surface area contributed by atoms with E-state index in [1.54, 1.807) is 0 Å². The average Bonchev–Trinajstić information content (AvgIpc) is 2.90. The maximum absolute atomic E-state index is 12.9. The number of benzene rings is 1. The summed E-state index contributed by atoms with van der Waals surface area (Å²) in [6, 6.07) is 8.33. The van der Waals surface area contributed by atoms with Gasteiger partial charge >= 0.3 is 0 Å². The van der Waals surface area contributed by atoms with Gasteiger partial charge in [-0.1, -0.05) is 19.9 Å². The van der Waals surface area contributed by atoms with Crippen LogP contribution in [0.5, 0.6) is 0 Å². The summed E-state index contributed by atoms with van der Waals surface area (Å²) < 4.78 is 40.2. The average molecular weight is 313 g/mol. The number of rotatable bonds is 5. The number of hydrogen-bond donors (Lipinski definition) is 1. The van der Waals surface area contributed by atoms with Crippen molar-refractivity contribution in [2.24, 2.45) is 5.92 Å². The number of nitrogens with one attached hydrogen (secondary N) is 1. The minimum Gasteiger partial charge on any atom is -0.207 e. The molecule has 0 radical (unpaired) electrons. The van der Waals surface area contributed by atoms with E-state index in [1.807, 2.05) is 31.4 Å². The molecule has 1 N–H and O–H groups in total. The molecule has 1 unspecified atom stereocenters. The van der Waals surface area contributed by atoms with Crippen LogP contribution in [-0.2, 0) is 10.0 Å². The highest BCUT2D eigenvalue weighted by Gasteiger charge is 2.24. The highest BCUT2D eigenvalue weighted by molar-refractivity contribution is 7.89. The van der Waals surface area contributed by atoms with Crippen LogP contribution in [0.2, 0.25) is 0 Å². The molecule has 1 heterocycles. The SMILES string of the molecule is CC(C)C(NS(=O)(=O)c1ccc(F)cc1)c1cccs1. The first-order valence-corrected chi connectivity index (χ1v) is 8.58. The lowest BCUT2D eigenvalue weighted by atomic mass is 10.0. The van der Waals surface area contributed by atoms with Crippen LogP contribution in [0.15, 0.2) is 46.7 Å². The first kappa shape index (κ1) is 15.2. The maximum Gasteiger partial charge on any atom is 0.241 e. The van der Waals surface area contributed by atoms with Crippen molar-refractivity contribution in [3.05, 3.63) is 52.5 Å². The Hall–Kier alpha value is -1.24. The number of hydrogen-bond acceptors (Lipinski definition) is 3. The molecule has 0 bridgehead atoms. The van der Waals surface area contributed by atoms with Gasteiger partial charge in [0.1, 0.15) is 5.82 Å². The fraction of sp³-hybridized carbons (Fsp3) is 0.286. The van der Waals surface area contributed by atoms with Gasteiger partial charge < -0.3 is 0 Å². The van der Waals surface area contributed by atoms with Crippen LogP contribution >= 0.6 is 11.3 Å². The van der Waals surface area contributed by atoms with E-state index in [2.05, 4.69) is 4.72 Å². The first-order chi connectivity index (χ1) is 9.40. The van der Waals surface area contributed by atoms with E-state index in [0.29, 0.717) is 0 Å². The van der Waals surface area contributed by atoms with Gasteiger partial charge in [0, 0.05) is 4.88 Å². The second kappa shape index (κ2) is 6.03. The predicted octanol–water partition coefficient (Wildman–Crippen LogP) is 3.56. The van der Waals surface area contributed by atoms with Crippen LogP contribution in [-0.4, -0.2) is 8.42 Å². The Kier molecular flexibility index (Phi) is 4.57. The van der Waals surface area contributed by atoms with Crippen LogP contribution in [0, 0.1) is 11.7 Å². The predicted molar refractivity (Wildman–Crippen MR) is 78.6 cm³/mol.